The minimum atomic E-state index is -0.335. The Balaban J connectivity index is 1.72. The van der Waals surface area contributed by atoms with Crippen LogP contribution in [-0.4, -0.2) is 26.2 Å². The highest BCUT2D eigenvalue weighted by Gasteiger charge is 2.02. The van der Waals surface area contributed by atoms with Gasteiger partial charge in [0.1, 0.15) is 24.0 Å². The van der Waals surface area contributed by atoms with Gasteiger partial charge in [0.05, 0.1) is 6.54 Å². The smallest absolute Gasteiger partial charge is 0.191 e. The molecule has 0 unspecified atom stereocenters. The molecule has 0 radical (unpaired) electrons. The molecule has 0 aromatic heterocycles. The van der Waals surface area contributed by atoms with E-state index in [-0.39, 0.29) is 11.6 Å². The first-order chi connectivity index (χ1) is 11.2. The van der Waals surface area contributed by atoms with Crippen molar-refractivity contribution in [1.82, 2.24) is 10.6 Å². The highest BCUT2D eigenvalue weighted by atomic mass is 19.1. The average molecular weight is 319 g/mol. The van der Waals surface area contributed by atoms with Crippen LogP contribution in [0.1, 0.15) is 5.56 Å². The molecule has 0 aliphatic heterocycles. The fraction of sp³-hybridized carbons (Fsp3) is 0.235. The summed E-state index contributed by atoms with van der Waals surface area (Å²) < 4.78 is 31.9. The zero-order valence-corrected chi connectivity index (χ0v) is 12.9. The van der Waals surface area contributed by atoms with Crippen LogP contribution in [0.2, 0.25) is 0 Å². The zero-order chi connectivity index (χ0) is 16.5. The molecule has 6 heteroatoms. The highest BCUT2D eigenvalue weighted by molar-refractivity contribution is 5.79. The predicted molar refractivity (Wildman–Crippen MR) is 86.5 cm³/mol. The van der Waals surface area contributed by atoms with Gasteiger partial charge in [0.2, 0.25) is 0 Å². The van der Waals surface area contributed by atoms with Gasteiger partial charge in [0.25, 0.3) is 0 Å². The van der Waals surface area contributed by atoms with E-state index in [1.807, 2.05) is 0 Å². The van der Waals surface area contributed by atoms with Crippen LogP contribution in [0, 0.1) is 11.6 Å². The fourth-order valence-corrected chi connectivity index (χ4v) is 1.94. The number of hydrogen-bond donors (Lipinski definition) is 2. The first-order valence-corrected chi connectivity index (χ1v) is 7.25. The van der Waals surface area contributed by atoms with Gasteiger partial charge in [-0.15, -0.1) is 0 Å². The second-order valence-electron chi connectivity index (χ2n) is 4.75. The van der Waals surface area contributed by atoms with E-state index in [2.05, 4.69) is 15.6 Å². The summed E-state index contributed by atoms with van der Waals surface area (Å²) >= 11 is 0. The third-order valence-corrected chi connectivity index (χ3v) is 3.09. The van der Waals surface area contributed by atoms with Crippen molar-refractivity contribution in [1.29, 1.82) is 0 Å². The second-order valence-corrected chi connectivity index (χ2v) is 4.75. The van der Waals surface area contributed by atoms with Gasteiger partial charge in [-0.25, -0.2) is 8.78 Å². The van der Waals surface area contributed by atoms with Crippen molar-refractivity contribution >= 4 is 5.96 Å². The van der Waals surface area contributed by atoms with E-state index in [9.17, 15) is 8.78 Å². The van der Waals surface area contributed by atoms with Gasteiger partial charge in [-0.1, -0.05) is 24.3 Å². The number of rotatable bonds is 6. The van der Waals surface area contributed by atoms with E-state index in [4.69, 9.17) is 4.74 Å². The Kier molecular flexibility index (Phi) is 6.35. The topological polar surface area (TPSA) is 45.7 Å². The Morgan fingerprint density at radius 3 is 2.65 bits per heavy atom. The largest absolute Gasteiger partial charge is 0.492 e. The summed E-state index contributed by atoms with van der Waals surface area (Å²) in [7, 11) is 1.63. The molecule has 122 valence electrons. The molecule has 0 amide bonds. The highest BCUT2D eigenvalue weighted by Crippen LogP contribution is 2.11. The van der Waals surface area contributed by atoms with E-state index < -0.39 is 0 Å². The summed E-state index contributed by atoms with van der Waals surface area (Å²) in [5.41, 5.74) is 0.562. The van der Waals surface area contributed by atoms with Crippen molar-refractivity contribution < 1.29 is 13.5 Å². The number of benzene rings is 2. The molecule has 2 aromatic rings. The molecule has 0 heterocycles. The molecule has 0 saturated heterocycles. The molecule has 0 atom stereocenters. The molecule has 0 fully saturated rings. The molecule has 0 aliphatic carbocycles. The Hall–Kier alpha value is -2.63. The molecule has 0 aliphatic rings. The van der Waals surface area contributed by atoms with Crippen molar-refractivity contribution in [2.45, 2.75) is 6.54 Å². The summed E-state index contributed by atoms with van der Waals surface area (Å²) in [4.78, 5) is 4.05. The molecule has 2 aromatic carbocycles. The lowest BCUT2D eigenvalue weighted by atomic mass is 10.2. The lowest BCUT2D eigenvalue weighted by molar-refractivity contribution is 0.320. The number of nitrogens with zero attached hydrogens (tertiary/aromatic N) is 1. The normalized spacial score (nSPS) is 11.2. The maximum atomic E-state index is 13.5. The molecule has 0 spiro atoms. The number of hydrogen-bond acceptors (Lipinski definition) is 2. The van der Waals surface area contributed by atoms with Crippen LogP contribution >= 0.6 is 0 Å². The predicted octanol–water partition coefficient (Wildman–Crippen LogP) is 2.71. The van der Waals surface area contributed by atoms with Gasteiger partial charge in [-0.05, 0) is 18.2 Å². The van der Waals surface area contributed by atoms with E-state index in [1.54, 1.807) is 37.4 Å². The molecule has 2 N–H and O–H groups in total. The molecule has 4 nitrogen and oxygen atoms in total. The first-order valence-electron chi connectivity index (χ1n) is 7.25. The molecule has 2 rings (SSSR count). The molecular formula is C17H19F2N3O. The van der Waals surface area contributed by atoms with Crippen molar-refractivity contribution in [2.75, 3.05) is 20.2 Å². The van der Waals surface area contributed by atoms with Crippen LogP contribution in [0.15, 0.2) is 53.5 Å². The molecule has 23 heavy (non-hydrogen) atoms. The van der Waals surface area contributed by atoms with Gasteiger partial charge in [0, 0.05) is 25.2 Å². The monoisotopic (exact) mass is 319 g/mol. The van der Waals surface area contributed by atoms with Gasteiger partial charge in [0.15, 0.2) is 5.96 Å². The number of aliphatic imine (C=N–C) groups is 1. The third kappa shape index (κ3) is 5.58. The standard InChI is InChI=1S/C17H19F2N3O/c1-20-17(22-12-13-5-2-3-8-16(13)19)21-9-10-23-15-7-4-6-14(18)11-15/h2-8,11H,9-10,12H2,1H3,(H2,20,21,22). The van der Waals surface area contributed by atoms with Gasteiger partial charge in [-0.3, -0.25) is 4.99 Å². The Labute approximate surface area is 134 Å². The first kappa shape index (κ1) is 16.7. The van der Waals surface area contributed by atoms with Crippen LogP contribution in [0.3, 0.4) is 0 Å². The van der Waals surface area contributed by atoms with Crippen LogP contribution < -0.4 is 15.4 Å². The number of ether oxygens (including phenoxy) is 1. The van der Waals surface area contributed by atoms with E-state index in [0.29, 0.717) is 37.0 Å². The lowest BCUT2D eigenvalue weighted by Gasteiger charge is -2.13. The minimum absolute atomic E-state index is 0.259. The van der Waals surface area contributed by atoms with Gasteiger partial charge in [-0.2, -0.15) is 0 Å². The number of guanidine groups is 1. The molecule has 0 bridgehead atoms. The Morgan fingerprint density at radius 1 is 1.09 bits per heavy atom. The number of halogens is 2. The SMILES string of the molecule is CN=C(NCCOc1cccc(F)c1)NCc1ccccc1F. The van der Waals surface area contributed by atoms with Gasteiger partial charge < -0.3 is 15.4 Å². The zero-order valence-electron chi connectivity index (χ0n) is 12.9. The minimum Gasteiger partial charge on any atom is -0.492 e. The molecule has 0 saturated carbocycles. The molecular weight excluding hydrogens is 300 g/mol. The maximum absolute atomic E-state index is 13.5. The summed E-state index contributed by atoms with van der Waals surface area (Å²) in [5, 5.41) is 6.06. The summed E-state index contributed by atoms with van der Waals surface area (Å²) in [6.07, 6.45) is 0. The quantitative estimate of drug-likeness (QED) is 0.489. The van der Waals surface area contributed by atoms with Crippen LogP contribution in [0.4, 0.5) is 8.78 Å². The van der Waals surface area contributed by atoms with E-state index >= 15 is 0 Å². The van der Waals surface area contributed by atoms with Crippen molar-refractivity contribution in [3.63, 3.8) is 0 Å². The number of nitrogens with one attached hydrogen (secondary N) is 2. The van der Waals surface area contributed by atoms with Gasteiger partial charge >= 0.3 is 0 Å². The van der Waals surface area contributed by atoms with Crippen molar-refractivity contribution in [3.8, 4) is 5.75 Å². The van der Waals surface area contributed by atoms with Crippen molar-refractivity contribution in [3.05, 3.63) is 65.7 Å². The van der Waals surface area contributed by atoms with Crippen LogP contribution in [0.25, 0.3) is 0 Å². The fourth-order valence-electron chi connectivity index (χ4n) is 1.94. The maximum Gasteiger partial charge on any atom is 0.191 e. The van der Waals surface area contributed by atoms with Crippen molar-refractivity contribution in [2.24, 2.45) is 4.99 Å². The van der Waals surface area contributed by atoms with Crippen LogP contribution in [-0.2, 0) is 6.54 Å². The summed E-state index contributed by atoms with van der Waals surface area (Å²) in [5.74, 6) is 0.417. The Bertz CT molecular complexity index is 662. The Morgan fingerprint density at radius 2 is 1.91 bits per heavy atom. The second kappa shape index (κ2) is 8.73. The summed E-state index contributed by atoms with van der Waals surface area (Å²) in [6.45, 7) is 1.16. The lowest BCUT2D eigenvalue weighted by Crippen LogP contribution is -2.39. The average Bonchev–Trinajstić information content (AvgIpc) is 2.55. The van der Waals surface area contributed by atoms with E-state index in [1.165, 1.54) is 18.2 Å². The van der Waals surface area contributed by atoms with E-state index in [0.717, 1.165) is 0 Å². The van der Waals surface area contributed by atoms with Crippen LogP contribution in [0.5, 0.6) is 5.75 Å². The summed E-state index contributed by atoms with van der Waals surface area (Å²) in [6, 6.07) is 12.5. The third-order valence-electron chi connectivity index (χ3n) is 3.09.